The van der Waals surface area contributed by atoms with Crippen LogP contribution in [0.25, 0.3) is 0 Å². The van der Waals surface area contributed by atoms with Crippen LogP contribution in [-0.2, 0) is 4.79 Å². The number of nitrogens with one attached hydrogen (secondary N) is 1. The fourth-order valence-corrected chi connectivity index (χ4v) is 2.09. The van der Waals surface area contributed by atoms with E-state index in [0.29, 0.717) is 10.7 Å². The van der Waals surface area contributed by atoms with Gasteiger partial charge < -0.3 is 5.32 Å². The Bertz CT molecular complexity index is 776. The number of anilines is 1. The Hall–Kier alpha value is -2.44. The van der Waals surface area contributed by atoms with E-state index in [-0.39, 0.29) is 16.3 Å². The summed E-state index contributed by atoms with van der Waals surface area (Å²) in [5.41, 5.74) is 0.516. The number of ketones is 1. The van der Waals surface area contributed by atoms with E-state index in [1.807, 2.05) is 0 Å². The molecule has 0 aliphatic rings. The van der Waals surface area contributed by atoms with Gasteiger partial charge in [0.15, 0.2) is 5.78 Å². The predicted molar refractivity (Wildman–Crippen MR) is 87.1 cm³/mol. The molecule has 0 atom stereocenters. The molecule has 0 bridgehead atoms. The van der Waals surface area contributed by atoms with Gasteiger partial charge in [0.1, 0.15) is 0 Å². The highest BCUT2D eigenvalue weighted by Crippen LogP contribution is 2.25. The molecule has 1 amide bonds. The molecule has 6 nitrogen and oxygen atoms in total. The van der Waals surface area contributed by atoms with Crippen molar-refractivity contribution in [3.63, 3.8) is 0 Å². The van der Waals surface area contributed by atoms with Gasteiger partial charge in [-0.1, -0.05) is 23.2 Å². The molecule has 0 fully saturated rings. The zero-order valence-corrected chi connectivity index (χ0v) is 13.1. The summed E-state index contributed by atoms with van der Waals surface area (Å²) < 4.78 is 0. The van der Waals surface area contributed by atoms with Crippen molar-refractivity contribution >= 4 is 46.3 Å². The molecule has 0 spiro atoms. The number of nitrogens with zero attached hydrogens (tertiary/aromatic N) is 1. The molecule has 23 heavy (non-hydrogen) atoms. The van der Waals surface area contributed by atoms with E-state index in [1.165, 1.54) is 36.4 Å². The van der Waals surface area contributed by atoms with Crippen molar-refractivity contribution in [3.8, 4) is 0 Å². The average Bonchev–Trinajstić information content (AvgIpc) is 2.51. The lowest BCUT2D eigenvalue weighted by Crippen LogP contribution is -2.16. The van der Waals surface area contributed by atoms with Crippen LogP contribution in [0, 0.1) is 10.1 Å². The largest absolute Gasteiger partial charge is 0.326 e. The summed E-state index contributed by atoms with van der Waals surface area (Å²) in [6.45, 7) is 0. The van der Waals surface area contributed by atoms with Gasteiger partial charge in [-0.25, -0.2) is 0 Å². The van der Waals surface area contributed by atoms with Gasteiger partial charge in [0, 0.05) is 23.4 Å². The first kappa shape index (κ1) is 16.9. The summed E-state index contributed by atoms with van der Waals surface area (Å²) >= 11 is 11.6. The first-order chi connectivity index (χ1) is 10.9. The van der Waals surface area contributed by atoms with Crippen molar-refractivity contribution in [2.75, 3.05) is 5.32 Å². The number of carbonyl (C=O) groups excluding carboxylic acids is 2. The molecule has 2 aromatic rings. The van der Waals surface area contributed by atoms with Gasteiger partial charge in [-0.05, 0) is 30.3 Å². The summed E-state index contributed by atoms with van der Waals surface area (Å²) in [7, 11) is 0. The molecule has 0 aliphatic heterocycles. The monoisotopic (exact) mass is 352 g/mol. The summed E-state index contributed by atoms with van der Waals surface area (Å²) in [6.07, 6.45) is -0.391. The van der Waals surface area contributed by atoms with E-state index in [4.69, 9.17) is 23.2 Å². The summed E-state index contributed by atoms with van der Waals surface area (Å²) in [5.74, 6) is -0.968. The van der Waals surface area contributed by atoms with E-state index in [0.717, 1.165) is 0 Å². The predicted octanol–water partition coefficient (Wildman–Crippen LogP) is 4.11. The number of halogens is 2. The molecule has 0 unspecified atom stereocenters. The normalized spacial score (nSPS) is 10.2. The number of nitro benzene ring substituents is 1. The molecule has 8 heteroatoms. The van der Waals surface area contributed by atoms with Crippen LogP contribution in [0.3, 0.4) is 0 Å². The Balaban J connectivity index is 2.00. The number of carbonyl (C=O) groups is 2. The highest BCUT2D eigenvalue weighted by molar-refractivity contribution is 6.42. The van der Waals surface area contributed by atoms with Crippen LogP contribution in [-0.4, -0.2) is 16.6 Å². The Morgan fingerprint density at radius 2 is 1.70 bits per heavy atom. The fraction of sp³-hybridized carbons (Fsp3) is 0.0667. The third kappa shape index (κ3) is 4.51. The van der Waals surface area contributed by atoms with Gasteiger partial charge in [0.25, 0.3) is 5.69 Å². The van der Waals surface area contributed by atoms with E-state index in [9.17, 15) is 19.7 Å². The first-order valence-electron chi connectivity index (χ1n) is 6.39. The minimum Gasteiger partial charge on any atom is -0.326 e. The second-order valence-corrected chi connectivity index (χ2v) is 5.40. The Morgan fingerprint density at radius 3 is 2.26 bits per heavy atom. The molecule has 1 N–H and O–H groups in total. The van der Waals surface area contributed by atoms with E-state index in [2.05, 4.69) is 5.32 Å². The first-order valence-corrected chi connectivity index (χ1v) is 7.15. The van der Waals surface area contributed by atoms with Gasteiger partial charge in [-0.15, -0.1) is 0 Å². The van der Waals surface area contributed by atoms with Gasteiger partial charge in [0.2, 0.25) is 5.91 Å². The highest BCUT2D eigenvalue weighted by atomic mass is 35.5. The average molecular weight is 353 g/mol. The van der Waals surface area contributed by atoms with Crippen LogP contribution < -0.4 is 5.32 Å². The number of benzene rings is 2. The minimum atomic E-state index is -0.564. The quantitative estimate of drug-likeness (QED) is 0.379. The lowest BCUT2D eigenvalue weighted by molar-refractivity contribution is -0.384. The Kier molecular flexibility index (Phi) is 5.31. The summed E-state index contributed by atoms with van der Waals surface area (Å²) in [6, 6.07) is 9.60. The maximum absolute atomic E-state index is 12.0. The number of non-ortho nitro benzene ring substituents is 1. The number of Topliss-reactive ketones (excluding diaryl/α,β-unsaturated/α-hetero) is 1. The number of amides is 1. The van der Waals surface area contributed by atoms with Crippen LogP contribution >= 0.6 is 23.2 Å². The van der Waals surface area contributed by atoms with E-state index >= 15 is 0 Å². The van der Waals surface area contributed by atoms with Crippen LogP contribution in [0.2, 0.25) is 10.0 Å². The van der Waals surface area contributed by atoms with Crippen molar-refractivity contribution in [3.05, 3.63) is 68.2 Å². The molecule has 0 radical (unpaired) electrons. The topological polar surface area (TPSA) is 89.3 Å². The van der Waals surface area contributed by atoms with Crippen LogP contribution in [0.5, 0.6) is 0 Å². The Morgan fingerprint density at radius 1 is 1.04 bits per heavy atom. The fourth-order valence-electron chi connectivity index (χ4n) is 1.80. The van der Waals surface area contributed by atoms with Gasteiger partial charge in [-0.3, -0.25) is 19.7 Å². The third-order valence-corrected chi connectivity index (χ3v) is 3.66. The standard InChI is InChI=1S/C15H10Cl2N2O4/c16-12-6-3-10(7-13(12)17)18-15(21)8-14(20)9-1-4-11(5-2-9)19(22)23/h1-7H,8H2,(H,18,21). The van der Waals surface area contributed by atoms with E-state index in [1.54, 1.807) is 6.07 Å². The number of nitro groups is 1. The van der Waals surface area contributed by atoms with Crippen molar-refractivity contribution in [2.24, 2.45) is 0 Å². The molecule has 0 saturated heterocycles. The summed E-state index contributed by atoms with van der Waals surface area (Å²) in [5, 5.41) is 13.7. The molecule has 0 heterocycles. The van der Waals surface area contributed by atoms with Crippen LogP contribution in [0.4, 0.5) is 11.4 Å². The molecular weight excluding hydrogens is 343 g/mol. The number of hydrogen-bond acceptors (Lipinski definition) is 4. The highest BCUT2D eigenvalue weighted by Gasteiger charge is 2.14. The maximum Gasteiger partial charge on any atom is 0.269 e. The summed E-state index contributed by atoms with van der Waals surface area (Å²) in [4.78, 5) is 33.8. The van der Waals surface area contributed by atoms with Gasteiger partial charge in [-0.2, -0.15) is 0 Å². The Labute approximate surface area is 141 Å². The maximum atomic E-state index is 12.0. The van der Waals surface area contributed by atoms with Gasteiger partial charge >= 0.3 is 0 Å². The van der Waals surface area contributed by atoms with Crippen molar-refractivity contribution in [1.82, 2.24) is 0 Å². The zero-order valence-electron chi connectivity index (χ0n) is 11.6. The number of hydrogen-bond donors (Lipinski definition) is 1. The number of rotatable bonds is 5. The van der Waals surface area contributed by atoms with Gasteiger partial charge in [0.05, 0.1) is 21.4 Å². The molecule has 2 rings (SSSR count). The molecular formula is C15H10Cl2N2O4. The van der Waals surface area contributed by atoms with Crippen molar-refractivity contribution in [1.29, 1.82) is 0 Å². The van der Waals surface area contributed by atoms with Crippen molar-refractivity contribution in [2.45, 2.75) is 6.42 Å². The third-order valence-electron chi connectivity index (χ3n) is 2.92. The lowest BCUT2D eigenvalue weighted by atomic mass is 10.1. The molecule has 0 aliphatic carbocycles. The minimum absolute atomic E-state index is 0.123. The smallest absolute Gasteiger partial charge is 0.269 e. The molecule has 0 aromatic heterocycles. The van der Waals surface area contributed by atoms with Crippen molar-refractivity contribution < 1.29 is 14.5 Å². The second-order valence-electron chi connectivity index (χ2n) is 4.58. The van der Waals surface area contributed by atoms with E-state index < -0.39 is 23.0 Å². The molecule has 118 valence electrons. The molecule has 2 aromatic carbocycles. The zero-order chi connectivity index (χ0) is 17.0. The van der Waals surface area contributed by atoms with Crippen LogP contribution in [0.15, 0.2) is 42.5 Å². The second kappa shape index (κ2) is 7.21. The van der Waals surface area contributed by atoms with Crippen LogP contribution in [0.1, 0.15) is 16.8 Å². The lowest BCUT2D eigenvalue weighted by Gasteiger charge is -2.06. The SMILES string of the molecule is O=C(CC(=O)c1ccc([N+](=O)[O-])cc1)Nc1ccc(Cl)c(Cl)c1. The molecule has 0 saturated carbocycles.